The smallest absolute Gasteiger partial charge is 0.306 e. The minimum atomic E-state index is -0.811. The minimum absolute atomic E-state index is 0.0229. The van der Waals surface area contributed by atoms with Crippen molar-refractivity contribution in [2.24, 2.45) is 0 Å². The molecular weight excluding hydrogens is 803 g/mol. The van der Waals surface area contributed by atoms with E-state index in [2.05, 4.69) is 50.4 Å². The third-order valence-corrected chi connectivity index (χ3v) is 12.1. The predicted molar refractivity (Wildman–Crippen MR) is 282 cm³/mol. The molecular formula is C59H103NO5. The molecule has 0 saturated carbocycles. The number of rotatable bonds is 48. The van der Waals surface area contributed by atoms with Gasteiger partial charge in [-0.1, -0.05) is 260 Å². The molecule has 374 valence electrons. The summed E-state index contributed by atoms with van der Waals surface area (Å²) in [5, 5.41) is 23.8. The third-order valence-electron chi connectivity index (χ3n) is 12.1. The first-order valence-electron chi connectivity index (χ1n) is 27.4. The lowest BCUT2D eigenvalue weighted by Crippen LogP contribution is -2.46. The number of aliphatic hydroxyl groups excluding tert-OH is 2. The van der Waals surface area contributed by atoms with Crippen molar-refractivity contribution in [1.82, 2.24) is 5.32 Å². The number of allylic oxidation sites excluding steroid dienone is 14. The fourth-order valence-corrected chi connectivity index (χ4v) is 7.99. The van der Waals surface area contributed by atoms with Crippen LogP contribution in [0.4, 0.5) is 0 Å². The molecule has 0 aromatic carbocycles. The summed E-state index contributed by atoms with van der Waals surface area (Å²) in [4.78, 5) is 26.2. The first-order valence-corrected chi connectivity index (χ1v) is 27.4. The van der Waals surface area contributed by atoms with Crippen molar-refractivity contribution in [3.8, 4) is 0 Å². The molecule has 6 nitrogen and oxygen atoms in total. The highest BCUT2D eigenvalue weighted by Gasteiger charge is 2.24. The maximum Gasteiger partial charge on any atom is 0.306 e. The molecule has 0 aliphatic rings. The van der Waals surface area contributed by atoms with Crippen LogP contribution in [0.5, 0.6) is 0 Å². The van der Waals surface area contributed by atoms with E-state index in [1.165, 1.54) is 148 Å². The van der Waals surface area contributed by atoms with Gasteiger partial charge in [0.15, 0.2) is 0 Å². The molecule has 65 heavy (non-hydrogen) atoms. The van der Waals surface area contributed by atoms with E-state index in [4.69, 9.17) is 4.74 Å². The van der Waals surface area contributed by atoms with Crippen molar-refractivity contribution in [3.05, 3.63) is 85.1 Å². The predicted octanol–water partition coefficient (Wildman–Crippen LogP) is 16.7. The second-order valence-electron chi connectivity index (χ2n) is 18.4. The zero-order valence-corrected chi connectivity index (χ0v) is 42.6. The van der Waals surface area contributed by atoms with E-state index in [9.17, 15) is 19.8 Å². The first-order chi connectivity index (χ1) is 32.0. The average molecular weight is 906 g/mol. The maximum atomic E-state index is 13.2. The van der Waals surface area contributed by atoms with Crippen LogP contribution in [0, 0.1) is 0 Å². The quantitative estimate of drug-likeness (QED) is 0.0245. The van der Waals surface area contributed by atoms with Gasteiger partial charge < -0.3 is 20.3 Å². The largest absolute Gasteiger partial charge is 0.462 e. The monoisotopic (exact) mass is 906 g/mol. The van der Waals surface area contributed by atoms with Crippen LogP contribution >= 0.6 is 0 Å². The highest BCUT2D eigenvalue weighted by molar-refractivity contribution is 5.77. The minimum Gasteiger partial charge on any atom is -0.462 e. The molecule has 0 heterocycles. The second kappa shape index (κ2) is 52.0. The Balaban J connectivity index is 4.67. The van der Waals surface area contributed by atoms with Gasteiger partial charge in [0.05, 0.1) is 25.2 Å². The number of aliphatic hydroxyl groups is 2. The van der Waals surface area contributed by atoms with Crippen LogP contribution < -0.4 is 5.32 Å². The van der Waals surface area contributed by atoms with Gasteiger partial charge in [-0.15, -0.1) is 0 Å². The molecule has 3 atom stereocenters. The standard InChI is InChI=1S/C59H103NO5/c1-4-7-10-13-16-19-22-25-27-28-29-30-32-34-37-40-43-46-49-52-59(64)65-55(50-47-44-41-38-35-33-31-26-23-20-17-14-11-8-5-2)53-58(63)60-56(54-61)57(62)51-48-45-42-39-36-24-21-18-15-12-9-6-3/h8,11,14,17,20,23,25-27,31,33,35,38,41,55-57,61-62H,4-7,9-10,12-13,15-16,18-19,21-22,24,28-30,32,34,36-37,39-40,42-54H2,1-3H3,(H,60,63)/b11-8-,17-14+,23-20+,27-25+,31-26-,35-33+,41-38+. The van der Waals surface area contributed by atoms with Gasteiger partial charge in [-0.25, -0.2) is 0 Å². The highest BCUT2D eigenvalue weighted by atomic mass is 16.5. The molecule has 1 amide bonds. The zero-order valence-electron chi connectivity index (χ0n) is 42.6. The lowest BCUT2D eigenvalue weighted by molar-refractivity contribution is -0.151. The number of nitrogens with one attached hydrogen (secondary N) is 1. The van der Waals surface area contributed by atoms with Crippen LogP contribution in [-0.4, -0.2) is 46.9 Å². The van der Waals surface area contributed by atoms with Crippen LogP contribution in [0.2, 0.25) is 0 Å². The van der Waals surface area contributed by atoms with Crippen LogP contribution in [-0.2, 0) is 14.3 Å². The van der Waals surface area contributed by atoms with Gasteiger partial charge in [0, 0.05) is 6.42 Å². The SMILES string of the molecule is CC\C=C/C=C/C=C/C=C\C=C\C=C\CCCC(CC(=O)NC(CO)C(O)CCCCCCCCCCCCCC)OC(=O)CCCCCCCCCCC/C=C/CCCCCCCC. The summed E-state index contributed by atoms with van der Waals surface area (Å²) in [6.07, 6.45) is 67.9. The third kappa shape index (κ3) is 47.3. The normalized spacial score (nSPS) is 13.9. The molecule has 0 aromatic rings. The van der Waals surface area contributed by atoms with Crippen molar-refractivity contribution in [3.63, 3.8) is 0 Å². The van der Waals surface area contributed by atoms with E-state index in [-0.39, 0.29) is 24.9 Å². The fourth-order valence-electron chi connectivity index (χ4n) is 7.99. The second-order valence-corrected chi connectivity index (χ2v) is 18.4. The van der Waals surface area contributed by atoms with Crippen LogP contribution in [0.25, 0.3) is 0 Å². The molecule has 0 saturated heterocycles. The number of esters is 1. The molecule has 0 aromatic heterocycles. The Morgan fingerprint density at radius 1 is 0.462 bits per heavy atom. The lowest BCUT2D eigenvalue weighted by atomic mass is 10.0. The average Bonchev–Trinajstić information content (AvgIpc) is 3.30. The number of hydrogen-bond donors (Lipinski definition) is 3. The van der Waals surface area contributed by atoms with Gasteiger partial charge in [0.1, 0.15) is 6.10 Å². The van der Waals surface area contributed by atoms with Gasteiger partial charge in [-0.2, -0.15) is 0 Å². The zero-order chi connectivity index (χ0) is 47.4. The van der Waals surface area contributed by atoms with Crippen molar-refractivity contribution in [2.45, 2.75) is 270 Å². The molecule has 3 unspecified atom stereocenters. The van der Waals surface area contributed by atoms with Gasteiger partial charge >= 0.3 is 5.97 Å². The number of ether oxygens (including phenoxy) is 1. The number of hydrogen-bond acceptors (Lipinski definition) is 5. The Kier molecular flexibility index (Phi) is 49.6. The Hall–Kier alpha value is -2.96. The summed E-state index contributed by atoms with van der Waals surface area (Å²) in [5.74, 6) is -0.551. The summed E-state index contributed by atoms with van der Waals surface area (Å²) in [5.41, 5.74) is 0. The van der Waals surface area contributed by atoms with E-state index < -0.39 is 18.2 Å². The number of carbonyl (C=O) groups is 2. The Morgan fingerprint density at radius 3 is 1.32 bits per heavy atom. The van der Waals surface area contributed by atoms with Gasteiger partial charge in [0.2, 0.25) is 5.91 Å². The van der Waals surface area contributed by atoms with E-state index in [0.717, 1.165) is 57.8 Å². The maximum absolute atomic E-state index is 13.2. The number of carbonyl (C=O) groups excluding carboxylic acids is 2. The fraction of sp³-hybridized carbons (Fsp3) is 0.729. The van der Waals surface area contributed by atoms with Crippen LogP contribution in [0.3, 0.4) is 0 Å². The first kappa shape index (κ1) is 62.0. The molecule has 6 heteroatoms. The van der Waals surface area contributed by atoms with Crippen LogP contribution in [0.1, 0.15) is 252 Å². The van der Waals surface area contributed by atoms with E-state index in [1.807, 2.05) is 60.8 Å². The molecule has 0 bridgehead atoms. The molecule has 0 spiro atoms. The lowest BCUT2D eigenvalue weighted by Gasteiger charge is -2.24. The Bertz CT molecular complexity index is 1250. The summed E-state index contributed by atoms with van der Waals surface area (Å²) >= 11 is 0. The summed E-state index contributed by atoms with van der Waals surface area (Å²) in [6.45, 7) is 6.32. The molecule has 0 aliphatic carbocycles. The Morgan fingerprint density at radius 2 is 0.862 bits per heavy atom. The van der Waals surface area contributed by atoms with E-state index >= 15 is 0 Å². The van der Waals surface area contributed by atoms with Crippen molar-refractivity contribution < 1.29 is 24.5 Å². The summed E-state index contributed by atoms with van der Waals surface area (Å²) in [7, 11) is 0. The van der Waals surface area contributed by atoms with E-state index in [1.54, 1.807) is 0 Å². The molecule has 0 aliphatic heterocycles. The molecule has 0 rings (SSSR count). The number of unbranched alkanes of at least 4 members (excludes halogenated alkanes) is 27. The van der Waals surface area contributed by atoms with Crippen molar-refractivity contribution >= 4 is 11.9 Å². The van der Waals surface area contributed by atoms with Gasteiger partial charge in [-0.05, 0) is 64.2 Å². The summed E-state index contributed by atoms with van der Waals surface area (Å²) in [6, 6.07) is -0.730. The van der Waals surface area contributed by atoms with Gasteiger partial charge in [-0.3, -0.25) is 9.59 Å². The van der Waals surface area contributed by atoms with Crippen LogP contribution in [0.15, 0.2) is 85.1 Å². The van der Waals surface area contributed by atoms with E-state index in [0.29, 0.717) is 19.3 Å². The van der Waals surface area contributed by atoms with Gasteiger partial charge in [0.25, 0.3) is 0 Å². The van der Waals surface area contributed by atoms with Crippen molar-refractivity contribution in [1.29, 1.82) is 0 Å². The molecule has 3 N–H and O–H groups in total. The molecule has 0 radical (unpaired) electrons. The Labute approximate surface area is 402 Å². The highest BCUT2D eigenvalue weighted by Crippen LogP contribution is 2.17. The topological polar surface area (TPSA) is 95.9 Å². The molecule has 0 fully saturated rings. The number of amides is 1. The van der Waals surface area contributed by atoms with Crippen molar-refractivity contribution in [2.75, 3.05) is 6.61 Å². The summed E-state index contributed by atoms with van der Waals surface area (Å²) < 4.78 is 5.91.